The van der Waals surface area contributed by atoms with Crippen molar-refractivity contribution < 1.29 is 54.3 Å². The number of phenolic OH excluding ortho intramolecular Hbond substituents is 3. The molecule has 0 bridgehead atoms. The van der Waals surface area contributed by atoms with Crippen molar-refractivity contribution in [2.45, 2.75) is 146 Å². The summed E-state index contributed by atoms with van der Waals surface area (Å²) in [7, 11) is 12.1. The lowest BCUT2D eigenvalue weighted by molar-refractivity contribution is 0.110. The number of ether oxygens (including phenoxy) is 1. The molecule has 0 aliphatic rings. The monoisotopic (exact) mass is 2000 g/mol. The second kappa shape index (κ2) is 54.9. The number of halogens is 9. The quantitative estimate of drug-likeness (QED) is 0.0200. The van der Waals surface area contributed by atoms with E-state index >= 15 is 0 Å². The largest absolute Gasteiger partial charge is 0.507 e. The topological polar surface area (TPSA) is 519 Å². The summed E-state index contributed by atoms with van der Waals surface area (Å²) in [5.74, 6) is -0.0801. The average molecular weight is 2010 g/mol. The number of aromatic amines is 1. The van der Waals surface area contributed by atoms with Crippen molar-refractivity contribution >= 4 is 125 Å². The first-order chi connectivity index (χ1) is 61.3. The van der Waals surface area contributed by atoms with Crippen LogP contribution in [0, 0.1) is 0 Å². The molecule has 0 fully saturated rings. The lowest BCUT2D eigenvalue weighted by Gasteiger charge is -2.15. The number of aromatic hydroxyl groups is 3. The molecule has 14 rings (SSSR count). The van der Waals surface area contributed by atoms with Crippen molar-refractivity contribution in [1.29, 1.82) is 0 Å². The number of hydrogen-bond donors (Lipinski definition) is 8. The summed E-state index contributed by atoms with van der Waals surface area (Å²) in [6.45, 7) is 19.4. The van der Waals surface area contributed by atoms with Crippen LogP contribution in [-0.2, 0) is 69.3 Å². The predicted octanol–water partition coefficient (Wildman–Crippen LogP) is 13.8. The van der Waals surface area contributed by atoms with Gasteiger partial charge in [0, 0.05) is 167 Å². The van der Waals surface area contributed by atoms with E-state index in [-0.39, 0.29) is 161 Å². The molecule has 131 heavy (non-hydrogen) atoms. The molecule has 2 aromatic carbocycles. The van der Waals surface area contributed by atoms with Crippen LogP contribution in [0.4, 0.5) is 0 Å². The SMILES string of the molecule is C.CC(C)n1nccc1-c1n[nH]c(=O)cc1CO.CC(C)n1nccc1-c1nn(C)c(=O)cc1CCl.CC(C)n1nccc1-c1nn(C)c(=O)cc1CO.CC(C)n1nccc1-c1nn(C)c(=O)cc1COc1cccc(O)c1C=O.CC(C)n1nccc1-c1nnc(Cl)cc1CO.Cl.Clc1ccc(Cl)nn1.O=Cc1c(O)cccc1O.O=S(Cl)Cl.OCc1cc(Cl)nnc1Cl. The third kappa shape index (κ3) is 32.4. The zero-order valence-corrected chi connectivity index (χ0v) is 79.3. The van der Waals surface area contributed by atoms with Crippen LogP contribution in [-0.4, -0.2) is 172 Å². The lowest BCUT2D eigenvalue weighted by Crippen LogP contribution is -2.22. The highest BCUT2D eigenvalue weighted by atomic mass is 36.0. The lowest BCUT2D eigenvalue weighted by atomic mass is 10.1. The van der Waals surface area contributed by atoms with E-state index in [1.165, 1.54) is 68.6 Å². The molecule has 49 heteroatoms. The minimum atomic E-state index is -1.67. The molecule has 39 nitrogen and oxygen atoms in total. The van der Waals surface area contributed by atoms with Gasteiger partial charge in [-0.2, -0.15) is 45.9 Å². The maximum Gasteiger partial charge on any atom is 0.266 e. The summed E-state index contributed by atoms with van der Waals surface area (Å²) >= 11 is 33.4. The summed E-state index contributed by atoms with van der Waals surface area (Å²) < 4.78 is 27.7. The number of H-pyrrole nitrogens is 1. The van der Waals surface area contributed by atoms with Gasteiger partial charge in [0.2, 0.25) is 9.23 Å². The van der Waals surface area contributed by atoms with Gasteiger partial charge in [-0.3, -0.25) is 52.2 Å². The highest BCUT2D eigenvalue weighted by Gasteiger charge is 2.22. The van der Waals surface area contributed by atoms with Crippen LogP contribution in [0.1, 0.15) is 161 Å². The van der Waals surface area contributed by atoms with Gasteiger partial charge in [0.1, 0.15) is 58.1 Å². The number of phenols is 3. The van der Waals surface area contributed by atoms with E-state index in [4.69, 9.17) is 93.9 Å². The van der Waals surface area contributed by atoms with E-state index in [0.717, 1.165) is 34.0 Å². The number of aldehydes is 2. The van der Waals surface area contributed by atoms with E-state index in [9.17, 15) is 49.2 Å². The third-order valence-corrected chi connectivity index (χ3v) is 18.6. The molecule has 0 saturated carbocycles. The number of carbonyl (C=O) groups excluding carboxylic acids is 2. The smallest absolute Gasteiger partial charge is 0.266 e. The molecule has 0 aliphatic heterocycles. The Kier molecular flexibility index (Phi) is 46.8. The first-order valence-electron chi connectivity index (χ1n) is 38.2. The second-order valence-corrected chi connectivity index (χ2v) is 32.6. The van der Waals surface area contributed by atoms with Crippen molar-refractivity contribution in [3.63, 3.8) is 0 Å². The van der Waals surface area contributed by atoms with Gasteiger partial charge in [-0.05, 0) is 148 Å². The van der Waals surface area contributed by atoms with E-state index in [1.54, 1.807) is 93.2 Å². The van der Waals surface area contributed by atoms with Crippen LogP contribution in [0.5, 0.6) is 23.0 Å². The number of nitrogens with zero attached hydrogens (tertiary/aromatic N) is 23. The Morgan fingerprint density at radius 1 is 0.412 bits per heavy atom. The third-order valence-electron chi connectivity index (χ3n) is 17.2. The van der Waals surface area contributed by atoms with Crippen LogP contribution in [0.3, 0.4) is 0 Å². The summed E-state index contributed by atoms with van der Waals surface area (Å²) in [5.41, 5.74) is 9.47. The molecule has 0 unspecified atom stereocenters. The van der Waals surface area contributed by atoms with Crippen LogP contribution >= 0.6 is 103 Å². The van der Waals surface area contributed by atoms with Crippen LogP contribution in [0.15, 0.2) is 165 Å². The van der Waals surface area contributed by atoms with E-state index < -0.39 is 9.23 Å². The normalized spacial score (nSPS) is 10.5. The summed E-state index contributed by atoms with van der Waals surface area (Å²) in [4.78, 5) is 67.6. The Labute approximate surface area is 797 Å². The molecular weight excluding hydrogens is 1910 g/mol. The van der Waals surface area contributed by atoms with Gasteiger partial charge in [-0.25, -0.2) is 23.4 Å². The summed E-state index contributed by atoms with van der Waals surface area (Å²) in [6.07, 6.45) is 9.39. The highest BCUT2D eigenvalue weighted by Crippen LogP contribution is 2.32. The fraction of sp³-hybridized carbons (Fsp3) is 0.305. The molecule has 0 amide bonds. The van der Waals surface area contributed by atoms with Gasteiger partial charge in [-0.15, -0.1) is 54.6 Å². The van der Waals surface area contributed by atoms with Crippen molar-refractivity contribution in [2.75, 3.05) is 0 Å². The van der Waals surface area contributed by atoms with Crippen molar-refractivity contribution in [1.82, 2.24) is 119 Å². The number of aliphatic hydroxyl groups is 4. The number of carbonyl (C=O) groups is 2. The highest BCUT2D eigenvalue weighted by molar-refractivity contribution is 8.26. The number of aromatic nitrogens is 24. The van der Waals surface area contributed by atoms with Crippen LogP contribution < -0.4 is 27.0 Å². The van der Waals surface area contributed by atoms with Gasteiger partial charge < -0.3 is 40.5 Å². The van der Waals surface area contributed by atoms with Gasteiger partial charge in [-0.1, -0.05) is 77.6 Å². The molecule has 702 valence electrons. The van der Waals surface area contributed by atoms with Gasteiger partial charge in [0.25, 0.3) is 22.2 Å². The maximum atomic E-state index is 12.1. The molecule has 0 atom stereocenters. The fourth-order valence-corrected chi connectivity index (χ4v) is 12.1. The molecule has 12 aromatic heterocycles. The molecule has 14 aromatic rings. The summed E-state index contributed by atoms with van der Waals surface area (Å²) in [6, 6.07) is 30.7. The molecule has 0 aliphatic carbocycles. The van der Waals surface area contributed by atoms with Gasteiger partial charge >= 0.3 is 0 Å². The average Bonchev–Trinajstić information content (AvgIpc) is 1.76. The Morgan fingerprint density at radius 3 is 1.08 bits per heavy atom. The molecule has 0 radical (unpaired) electrons. The minimum absolute atomic E-state index is 0. The Hall–Kier alpha value is -11.6. The number of rotatable bonds is 20. The number of alkyl halides is 1. The number of aryl methyl sites for hydroxylation is 3. The van der Waals surface area contributed by atoms with Crippen molar-refractivity contribution in [3.05, 3.63) is 258 Å². The first-order valence-corrected chi connectivity index (χ1v) is 43.4. The maximum absolute atomic E-state index is 12.1. The zero-order valence-electron chi connectivity index (χ0n) is 71.7. The second-order valence-electron chi connectivity index (χ2n) is 27.9. The molecule has 0 spiro atoms. The standard InChI is InChI=1S/C19H20N4O4.C12H15ClN4O.C12H16N4O2.C11H13ClN4O.C11H14N4O2.C7H6O3.C5H4Cl2N2O.C4H2Cl2N2.CH4.Cl2OS.ClH/c1-12(2)23-15(7-8-20-23)19-13(9-18(26)22(3)21-19)11-27-17-6-4-5-16(25)14(17)10-24;1-8(2)17-10(4-5-14-17)12-9(7-13)6-11(18)16(3)15-12;1-8(2)16-10(4-5-13-16)12-9(7-17)6-11(18)15(3)14-12;1-7(2)16-9(3-4-13-16)11-8(6-17)5-10(12)14-15-11;1-7(2)15-9(3-4-12-15)11-8(6-16)5-10(17)13-14-11;8-4-5-6(9)2-1-3-7(5)10;6-4-1-3(2-10)5(7)9-8-4;5-3-1-2-4(6)8-7-3;;1-4(2)3;/h4-10,12,25H,11H2,1-3H3;4-6,8H,7H2,1-3H3;4-6,8,17H,7H2,1-3H3;3-5,7,17H,6H2,1-2H3;3-5,7,16H,6H2,1-2H3,(H,13,17);1-4,9-10H;1,10H,2H2;1-2H;1H4;;1H. The number of aliphatic hydroxyl groups excluding tert-OH is 4. The molecule has 0 saturated heterocycles. The minimum Gasteiger partial charge on any atom is -0.507 e. The summed E-state index contributed by atoms with van der Waals surface area (Å²) in [5, 5.41) is 128. The van der Waals surface area contributed by atoms with Crippen LogP contribution in [0.25, 0.3) is 56.9 Å². The number of nitrogens with one attached hydrogen (secondary N) is 1. The van der Waals surface area contributed by atoms with E-state index in [0.29, 0.717) is 79.2 Å². The van der Waals surface area contributed by atoms with Gasteiger partial charge in [0.05, 0.1) is 66.0 Å². The van der Waals surface area contributed by atoms with Crippen molar-refractivity contribution in [3.8, 4) is 79.9 Å². The van der Waals surface area contributed by atoms with E-state index in [1.807, 2.05) is 112 Å². The van der Waals surface area contributed by atoms with Gasteiger partial charge in [0.15, 0.2) is 38.3 Å². The fourth-order valence-electron chi connectivity index (χ4n) is 11.2. The number of benzene rings is 2. The molecule has 12 heterocycles. The van der Waals surface area contributed by atoms with Crippen LogP contribution in [0.2, 0.25) is 25.8 Å². The predicted molar refractivity (Wildman–Crippen MR) is 503 cm³/mol. The van der Waals surface area contributed by atoms with E-state index in [2.05, 4.69) is 103 Å². The molecular formula is C82H95Cl9N24O15S. The Morgan fingerprint density at radius 2 is 0.725 bits per heavy atom. The Bertz CT molecular complexity index is 6150. The van der Waals surface area contributed by atoms with Crippen molar-refractivity contribution in [2.24, 2.45) is 21.1 Å². The Balaban J connectivity index is 0.000000318. The zero-order chi connectivity index (χ0) is 95.6. The number of hydrogen-bond acceptors (Lipinski definition) is 30. The first kappa shape index (κ1) is 112. The molecule has 8 N–H and O–H groups in total.